The molecule has 0 aliphatic carbocycles. The highest BCUT2D eigenvalue weighted by Crippen LogP contribution is 2.18. The summed E-state index contributed by atoms with van der Waals surface area (Å²) in [5.74, 6) is -0.251. The van der Waals surface area contributed by atoms with Gasteiger partial charge in [0.25, 0.3) is 0 Å². The molecule has 1 fully saturated rings. The number of hydrogen-bond acceptors (Lipinski definition) is 4. The minimum Gasteiger partial charge on any atom is -0.348 e. The summed E-state index contributed by atoms with van der Waals surface area (Å²) in [6.45, 7) is 2.75. The van der Waals surface area contributed by atoms with E-state index in [9.17, 15) is 13.2 Å². The topological polar surface area (TPSA) is 69.7 Å². The number of halogens is 1. The van der Waals surface area contributed by atoms with Crippen LogP contribution in [0.5, 0.6) is 0 Å². The van der Waals surface area contributed by atoms with Crippen LogP contribution in [0.15, 0.2) is 59.5 Å². The molecule has 0 aromatic heterocycles. The molecule has 1 heterocycles. The van der Waals surface area contributed by atoms with Crippen molar-refractivity contribution in [2.45, 2.75) is 11.4 Å². The number of rotatable bonds is 6. The van der Waals surface area contributed by atoms with Crippen molar-refractivity contribution >= 4 is 33.6 Å². The Labute approximate surface area is 176 Å². The van der Waals surface area contributed by atoms with Gasteiger partial charge in [0.1, 0.15) is 0 Å². The van der Waals surface area contributed by atoms with E-state index in [-0.39, 0.29) is 10.8 Å². The zero-order chi connectivity index (χ0) is 20.9. The van der Waals surface area contributed by atoms with E-state index in [1.54, 1.807) is 36.4 Å². The predicted octanol–water partition coefficient (Wildman–Crippen LogP) is 2.61. The molecule has 0 atom stereocenters. The molecule has 0 spiro atoms. The van der Waals surface area contributed by atoms with Crippen LogP contribution in [0.25, 0.3) is 6.08 Å². The van der Waals surface area contributed by atoms with Crippen molar-refractivity contribution in [2.75, 3.05) is 33.2 Å². The SMILES string of the molecule is CN1CCN(S(=O)(=O)c2ccc(CNC(=O)/C=C/c3ccccc3Cl)cc2)CC1. The van der Waals surface area contributed by atoms with Crippen molar-refractivity contribution in [1.82, 2.24) is 14.5 Å². The van der Waals surface area contributed by atoms with Gasteiger partial charge in [-0.15, -0.1) is 0 Å². The Hall–Kier alpha value is -2.19. The number of sulfonamides is 1. The van der Waals surface area contributed by atoms with Crippen molar-refractivity contribution in [1.29, 1.82) is 0 Å². The normalized spacial score (nSPS) is 16.2. The molecule has 0 saturated carbocycles. The minimum atomic E-state index is -3.48. The molecule has 1 aliphatic rings. The first-order valence-electron chi connectivity index (χ1n) is 9.34. The molecule has 1 aliphatic heterocycles. The first-order chi connectivity index (χ1) is 13.9. The summed E-state index contributed by atoms with van der Waals surface area (Å²) < 4.78 is 27.0. The lowest BCUT2D eigenvalue weighted by atomic mass is 10.2. The number of carbonyl (C=O) groups is 1. The summed E-state index contributed by atoms with van der Waals surface area (Å²) in [7, 11) is -1.50. The highest BCUT2D eigenvalue weighted by atomic mass is 35.5. The average Bonchev–Trinajstić information content (AvgIpc) is 2.72. The third kappa shape index (κ3) is 5.67. The molecule has 0 radical (unpaired) electrons. The Bertz CT molecular complexity index is 982. The smallest absolute Gasteiger partial charge is 0.244 e. The lowest BCUT2D eigenvalue weighted by Gasteiger charge is -2.31. The van der Waals surface area contributed by atoms with Crippen LogP contribution in [0.1, 0.15) is 11.1 Å². The number of nitrogens with one attached hydrogen (secondary N) is 1. The lowest BCUT2D eigenvalue weighted by molar-refractivity contribution is -0.116. The molecule has 2 aromatic rings. The molecule has 29 heavy (non-hydrogen) atoms. The Kier molecular flexibility index (Phi) is 7.08. The first kappa shape index (κ1) is 21.5. The molecule has 1 amide bonds. The summed E-state index contributed by atoms with van der Waals surface area (Å²) in [5, 5.41) is 3.36. The molecule has 1 saturated heterocycles. The van der Waals surface area contributed by atoms with Gasteiger partial charge in [0.2, 0.25) is 15.9 Å². The van der Waals surface area contributed by atoms with Gasteiger partial charge >= 0.3 is 0 Å². The summed E-state index contributed by atoms with van der Waals surface area (Å²) in [6, 6.07) is 13.9. The number of benzene rings is 2. The van der Waals surface area contributed by atoms with Gasteiger partial charge < -0.3 is 10.2 Å². The van der Waals surface area contributed by atoms with Gasteiger partial charge in [0.05, 0.1) is 4.90 Å². The number of piperazine rings is 1. The average molecular weight is 434 g/mol. The molecule has 2 aromatic carbocycles. The summed E-state index contributed by atoms with van der Waals surface area (Å²) in [4.78, 5) is 14.4. The molecular formula is C21H24ClN3O3S. The van der Waals surface area contributed by atoms with Crippen molar-refractivity contribution in [3.8, 4) is 0 Å². The molecule has 1 N–H and O–H groups in total. The van der Waals surface area contributed by atoms with Crippen LogP contribution in [0.3, 0.4) is 0 Å². The minimum absolute atomic E-state index is 0.251. The van der Waals surface area contributed by atoms with Crippen molar-refractivity contribution in [2.24, 2.45) is 0 Å². The summed E-state index contributed by atoms with van der Waals surface area (Å²) in [6.07, 6.45) is 3.08. The monoisotopic (exact) mass is 433 g/mol. The Balaban J connectivity index is 1.56. The summed E-state index contributed by atoms with van der Waals surface area (Å²) >= 11 is 6.06. The van der Waals surface area contributed by atoms with Gasteiger partial charge in [-0.3, -0.25) is 4.79 Å². The number of likely N-dealkylation sites (N-methyl/N-ethyl adjacent to an activating group) is 1. The number of hydrogen-bond donors (Lipinski definition) is 1. The van der Waals surface area contributed by atoms with E-state index in [0.29, 0.717) is 24.7 Å². The maximum Gasteiger partial charge on any atom is 0.244 e. The third-order valence-electron chi connectivity index (χ3n) is 4.81. The molecule has 8 heteroatoms. The van der Waals surface area contributed by atoms with E-state index in [1.165, 1.54) is 10.4 Å². The number of nitrogens with zero attached hydrogens (tertiary/aromatic N) is 2. The van der Waals surface area contributed by atoms with Gasteiger partial charge in [-0.1, -0.05) is 41.9 Å². The summed E-state index contributed by atoms with van der Waals surface area (Å²) in [5.41, 5.74) is 1.59. The second-order valence-electron chi connectivity index (χ2n) is 6.92. The van der Waals surface area contributed by atoms with Crippen LogP contribution in [0, 0.1) is 0 Å². The fourth-order valence-corrected chi connectivity index (χ4v) is 4.60. The number of carbonyl (C=O) groups excluding carboxylic acids is 1. The fourth-order valence-electron chi connectivity index (χ4n) is 2.98. The van der Waals surface area contributed by atoms with E-state index < -0.39 is 10.0 Å². The van der Waals surface area contributed by atoms with Gasteiger partial charge in [-0.2, -0.15) is 4.31 Å². The highest BCUT2D eigenvalue weighted by Gasteiger charge is 2.27. The van der Waals surface area contributed by atoms with Crippen molar-refractivity contribution in [3.63, 3.8) is 0 Å². The van der Waals surface area contributed by atoms with Crippen LogP contribution in [-0.4, -0.2) is 56.8 Å². The molecule has 0 unspecified atom stereocenters. The molecule has 6 nitrogen and oxygen atoms in total. The van der Waals surface area contributed by atoms with Crippen LogP contribution in [0.4, 0.5) is 0 Å². The van der Waals surface area contributed by atoms with Crippen LogP contribution >= 0.6 is 11.6 Å². The van der Waals surface area contributed by atoms with Gasteiger partial charge in [0.15, 0.2) is 0 Å². The van der Waals surface area contributed by atoms with E-state index in [4.69, 9.17) is 11.6 Å². The van der Waals surface area contributed by atoms with Crippen molar-refractivity contribution in [3.05, 3.63) is 70.8 Å². The van der Waals surface area contributed by atoms with E-state index >= 15 is 0 Å². The largest absolute Gasteiger partial charge is 0.348 e. The first-order valence-corrected chi connectivity index (χ1v) is 11.2. The maximum atomic E-state index is 12.7. The van der Waals surface area contributed by atoms with Crippen LogP contribution < -0.4 is 5.32 Å². The Morgan fingerprint density at radius 3 is 2.38 bits per heavy atom. The van der Waals surface area contributed by atoms with E-state index in [1.807, 2.05) is 25.2 Å². The lowest BCUT2D eigenvalue weighted by Crippen LogP contribution is -2.46. The predicted molar refractivity (Wildman–Crippen MR) is 115 cm³/mol. The Morgan fingerprint density at radius 1 is 1.07 bits per heavy atom. The Morgan fingerprint density at radius 2 is 1.72 bits per heavy atom. The molecule has 154 valence electrons. The second kappa shape index (κ2) is 9.54. The van der Waals surface area contributed by atoms with Gasteiger partial charge in [0, 0.05) is 43.8 Å². The zero-order valence-corrected chi connectivity index (χ0v) is 17.8. The van der Waals surface area contributed by atoms with E-state index in [0.717, 1.165) is 24.2 Å². The van der Waals surface area contributed by atoms with Crippen LogP contribution in [-0.2, 0) is 21.4 Å². The zero-order valence-electron chi connectivity index (χ0n) is 16.2. The molecule has 0 bridgehead atoms. The maximum absolute atomic E-state index is 12.7. The van der Waals surface area contributed by atoms with Gasteiger partial charge in [-0.25, -0.2) is 8.42 Å². The quantitative estimate of drug-likeness (QED) is 0.711. The highest BCUT2D eigenvalue weighted by molar-refractivity contribution is 7.89. The second-order valence-corrected chi connectivity index (χ2v) is 9.27. The van der Waals surface area contributed by atoms with Crippen molar-refractivity contribution < 1.29 is 13.2 Å². The van der Waals surface area contributed by atoms with Crippen LogP contribution in [0.2, 0.25) is 5.02 Å². The van der Waals surface area contributed by atoms with E-state index in [2.05, 4.69) is 10.2 Å². The fraction of sp³-hybridized carbons (Fsp3) is 0.286. The number of amides is 1. The van der Waals surface area contributed by atoms with Gasteiger partial charge in [-0.05, 0) is 42.4 Å². The standard InChI is InChI=1S/C21H24ClN3O3S/c1-24-12-14-25(15-13-24)29(27,28)19-9-6-17(7-10-19)16-23-21(26)11-8-18-4-2-3-5-20(18)22/h2-11H,12-16H2,1H3,(H,23,26)/b11-8+. The third-order valence-corrected chi connectivity index (χ3v) is 7.07. The molecular weight excluding hydrogens is 410 g/mol. The molecule has 3 rings (SSSR count).